The fourth-order valence-corrected chi connectivity index (χ4v) is 1.82. The first-order valence-electron chi connectivity index (χ1n) is 4.83. The average molecular weight is 289 g/mol. The van der Waals surface area contributed by atoms with Gasteiger partial charge < -0.3 is 4.74 Å². The molecule has 0 unspecified atom stereocenters. The van der Waals surface area contributed by atoms with Crippen molar-refractivity contribution in [3.63, 3.8) is 0 Å². The highest BCUT2D eigenvalue weighted by molar-refractivity contribution is 6.35. The summed E-state index contributed by atoms with van der Waals surface area (Å²) in [4.78, 5) is 3.91. The van der Waals surface area contributed by atoms with Crippen molar-refractivity contribution in [1.29, 1.82) is 0 Å². The molecular weight excluding hydrogens is 280 g/mol. The molecule has 0 atom stereocenters. The first kappa shape index (κ1) is 12.5. The Morgan fingerprint density at radius 1 is 1.06 bits per heavy atom. The van der Waals surface area contributed by atoms with E-state index in [-0.39, 0.29) is 0 Å². The second-order valence-electron chi connectivity index (χ2n) is 3.34. The zero-order valence-electron chi connectivity index (χ0n) is 8.66. The zero-order valence-corrected chi connectivity index (χ0v) is 10.9. The van der Waals surface area contributed by atoms with Gasteiger partial charge in [0, 0.05) is 15.6 Å². The molecule has 1 aromatic heterocycles. The smallest absolute Gasteiger partial charge is 0.138 e. The van der Waals surface area contributed by atoms with Crippen LogP contribution in [0, 0.1) is 0 Å². The topological polar surface area (TPSA) is 22.1 Å². The third-order valence-corrected chi connectivity index (χ3v) is 2.92. The van der Waals surface area contributed by atoms with Gasteiger partial charge in [-0.1, -0.05) is 40.9 Å². The molecule has 0 aliphatic rings. The summed E-state index contributed by atoms with van der Waals surface area (Å²) in [6.07, 6.45) is 1.56. The number of hydrogen-bond donors (Lipinski definition) is 0. The number of hydrogen-bond acceptors (Lipinski definition) is 2. The van der Waals surface area contributed by atoms with Crippen molar-refractivity contribution in [3.8, 4) is 5.75 Å². The van der Waals surface area contributed by atoms with Crippen LogP contribution < -0.4 is 4.74 Å². The Hall–Kier alpha value is -0.960. The molecule has 0 amide bonds. The minimum atomic E-state index is 0.360. The van der Waals surface area contributed by atoms with Crippen LogP contribution >= 0.6 is 34.8 Å². The third kappa shape index (κ3) is 3.50. The van der Waals surface area contributed by atoms with E-state index in [0.29, 0.717) is 27.6 Å². The second-order valence-corrected chi connectivity index (χ2v) is 4.57. The maximum Gasteiger partial charge on any atom is 0.138 e. The molecular formula is C12H8Cl3NO. The molecule has 0 spiro atoms. The van der Waals surface area contributed by atoms with Gasteiger partial charge in [-0.25, -0.2) is 4.98 Å². The van der Waals surface area contributed by atoms with Gasteiger partial charge in [0.1, 0.15) is 17.5 Å². The van der Waals surface area contributed by atoms with Gasteiger partial charge in [0.05, 0.1) is 6.20 Å². The molecule has 0 aliphatic carbocycles. The van der Waals surface area contributed by atoms with E-state index in [2.05, 4.69) is 4.98 Å². The number of halogens is 3. The van der Waals surface area contributed by atoms with Crippen LogP contribution in [-0.2, 0) is 6.61 Å². The van der Waals surface area contributed by atoms with E-state index in [9.17, 15) is 0 Å². The number of aromatic nitrogens is 1. The van der Waals surface area contributed by atoms with Crippen LogP contribution in [0.4, 0.5) is 0 Å². The summed E-state index contributed by atoms with van der Waals surface area (Å²) in [5, 5.41) is 1.62. The Balaban J connectivity index is 2.04. The summed E-state index contributed by atoms with van der Waals surface area (Å²) in [7, 11) is 0. The Morgan fingerprint density at radius 2 is 1.88 bits per heavy atom. The first-order valence-corrected chi connectivity index (χ1v) is 5.97. The molecule has 17 heavy (non-hydrogen) atoms. The Labute approximate surface area is 114 Å². The molecule has 0 bridgehead atoms. The Bertz CT molecular complexity index is 514. The lowest BCUT2D eigenvalue weighted by atomic mass is 10.2. The molecule has 0 aliphatic heterocycles. The van der Waals surface area contributed by atoms with Crippen molar-refractivity contribution in [2.24, 2.45) is 0 Å². The average Bonchev–Trinajstić information content (AvgIpc) is 2.30. The lowest BCUT2D eigenvalue weighted by Crippen LogP contribution is -1.96. The van der Waals surface area contributed by atoms with Crippen LogP contribution in [0.1, 0.15) is 5.56 Å². The van der Waals surface area contributed by atoms with E-state index in [1.807, 2.05) is 6.07 Å². The van der Waals surface area contributed by atoms with Crippen molar-refractivity contribution in [2.45, 2.75) is 6.61 Å². The highest BCUT2D eigenvalue weighted by atomic mass is 35.5. The molecule has 0 radical (unpaired) electrons. The summed E-state index contributed by atoms with van der Waals surface area (Å²) in [5.74, 6) is 0.639. The van der Waals surface area contributed by atoms with Gasteiger partial charge in [-0.15, -0.1) is 0 Å². The standard InChI is InChI=1S/C12H8Cl3NO/c13-9-2-1-8(11(14)5-9)7-17-10-3-4-12(15)16-6-10/h1-6H,7H2. The Kier molecular flexibility index (Phi) is 4.11. The minimum Gasteiger partial charge on any atom is -0.487 e. The van der Waals surface area contributed by atoms with E-state index in [1.54, 1.807) is 30.5 Å². The molecule has 0 saturated carbocycles. The van der Waals surface area contributed by atoms with Crippen LogP contribution in [0.5, 0.6) is 5.75 Å². The highest BCUT2D eigenvalue weighted by Crippen LogP contribution is 2.22. The zero-order chi connectivity index (χ0) is 12.3. The third-order valence-electron chi connectivity index (χ3n) is 2.11. The van der Waals surface area contributed by atoms with Crippen molar-refractivity contribution in [1.82, 2.24) is 4.98 Å². The van der Waals surface area contributed by atoms with Gasteiger partial charge in [-0.3, -0.25) is 0 Å². The van der Waals surface area contributed by atoms with Crippen LogP contribution in [0.15, 0.2) is 36.5 Å². The van der Waals surface area contributed by atoms with E-state index in [4.69, 9.17) is 39.5 Å². The monoisotopic (exact) mass is 287 g/mol. The van der Waals surface area contributed by atoms with Gasteiger partial charge in [0.25, 0.3) is 0 Å². The quantitative estimate of drug-likeness (QED) is 0.769. The molecule has 88 valence electrons. The van der Waals surface area contributed by atoms with E-state index in [0.717, 1.165) is 5.56 Å². The summed E-state index contributed by atoms with van der Waals surface area (Å²) >= 11 is 17.5. The van der Waals surface area contributed by atoms with Gasteiger partial charge in [-0.2, -0.15) is 0 Å². The van der Waals surface area contributed by atoms with Crippen LogP contribution in [0.2, 0.25) is 15.2 Å². The number of ether oxygens (including phenoxy) is 1. The Morgan fingerprint density at radius 3 is 2.53 bits per heavy atom. The van der Waals surface area contributed by atoms with Gasteiger partial charge in [0.15, 0.2) is 0 Å². The molecule has 1 heterocycles. The van der Waals surface area contributed by atoms with Crippen LogP contribution in [0.25, 0.3) is 0 Å². The number of pyridine rings is 1. The van der Waals surface area contributed by atoms with Crippen LogP contribution in [-0.4, -0.2) is 4.98 Å². The van der Waals surface area contributed by atoms with Crippen molar-refractivity contribution >= 4 is 34.8 Å². The molecule has 5 heteroatoms. The predicted molar refractivity (Wildman–Crippen MR) is 70.0 cm³/mol. The maximum atomic E-state index is 6.02. The number of nitrogens with zero attached hydrogens (tertiary/aromatic N) is 1. The fraction of sp³-hybridized carbons (Fsp3) is 0.0833. The van der Waals surface area contributed by atoms with Gasteiger partial charge in [-0.05, 0) is 24.3 Å². The van der Waals surface area contributed by atoms with Crippen molar-refractivity contribution in [2.75, 3.05) is 0 Å². The fourth-order valence-electron chi connectivity index (χ4n) is 1.25. The highest BCUT2D eigenvalue weighted by Gasteiger charge is 2.02. The summed E-state index contributed by atoms with van der Waals surface area (Å²) in [6.45, 7) is 0.360. The SMILES string of the molecule is Clc1ccc(COc2ccc(Cl)nc2)c(Cl)c1. The predicted octanol–water partition coefficient (Wildman–Crippen LogP) is 4.62. The lowest BCUT2D eigenvalue weighted by molar-refractivity contribution is 0.305. The van der Waals surface area contributed by atoms with E-state index >= 15 is 0 Å². The molecule has 2 rings (SSSR count). The normalized spacial score (nSPS) is 10.3. The molecule has 2 aromatic rings. The first-order chi connectivity index (χ1) is 8.15. The summed E-state index contributed by atoms with van der Waals surface area (Å²) < 4.78 is 5.52. The van der Waals surface area contributed by atoms with Crippen molar-refractivity contribution < 1.29 is 4.74 Å². The van der Waals surface area contributed by atoms with Gasteiger partial charge >= 0.3 is 0 Å². The minimum absolute atomic E-state index is 0.360. The summed E-state index contributed by atoms with van der Waals surface area (Å²) in [5.41, 5.74) is 0.867. The van der Waals surface area contributed by atoms with Crippen molar-refractivity contribution in [3.05, 3.63) is 57.3 Å². The van der Waals surface area contributed by atoms with E-state index in [1.165, 1.54) is 0 Å². The molecule has 2 nitrogen and oxygen atoms in total. The second kappa shape index (κ2) is 5.58. The maximum absolute atomic E-state index is 6.02. The number of rotatable bonds is 3. The molecule has 1 aromatic carbocycles. The molecule has 0 fully saturated rings. The molecule has 0 saturated heterocycles. The molecule has 0 N–H and O–H groups in total. The van der Waals surface area contributed by atoms with E-state index < -0.39 is 0 Å². The lowest BCUT2D eigenvalue weighted by Gasteiger charge is -2.07. The largest absolute Gasteiger partial charge is 0.487 e. The van der Waals surface area contributed by atoms with Gasteiger partial charge in [0.2, 0.25) is 0 Å². The van der Waals surface area contributed by atoms with Crippen LogP contribution in [0.3, 0.4) is 0 Å². The summed E-state index contributed by atoms with van der Waals surface area (Å²) in [6, 6.07) is 8.70. The number of benzene rings is 1.